The van der Waals surface area contributed by atoms with Crippen LogP contribution in [0.25, 0.3) is 12.2 Å². The molecule has 0 bridgehead atoms. The monoisotopic (exact) mass is 598 g/mol. The molecular formula is C38H50N2O4. The number of anilines is 1. The summed E-state index contributed by atoms with van der Waals surface area (Å²) in [6.07, 6.45) is 14.2. The van der Waals surface area contributed by atoms with Crippen LogP contribution in [0.1, 0.15) is 107 Å². The van der Waals surface area contributed by atoms with E-state index in [0.717, 1.165) is 36.2 Å². The molecule has 6 nitrogen and oxygen atoms in total. The lowest BCUT2D eigenvalue weighted by atomic mass is 9.79. The van der Waals surface area contributed by atoms with Gasteiger partial charge in [0.15, 0.2) is 0 Å². The smallest absolute Gasteiger partial charge is 0.310 e. The quantitative estimate of drug-likeness (QED) is 0.127. The summed E-state index contributed by atoms with van der Waals surface area (Å²) in [7, 11) is 0. The lowest BCUT2D eigenvalue weighted by Crippen LogP contribution is -2.34. The maximum Gasteiger partial charge on any atom is 0.310 e. The van der Waals surface area contributed by atoms with E-state index in [4.69, 9.17) is 9.72 Å². The predicted molar refractivity (Wildman–Crippen MR) is 180 cm³/mol. The number of amides is 1. The van der Waals surface area contributed by atoms with Crippen molar-refractivity contribution in [1.82, 2.24) is 4.98 Å². The van der Waals surface area contributed by atoms with Gasteiger partial charge >= 0.3 is 5.97 Å². The number of hydrogen-bond donors (Lipinski definition) is 2. The molecule has 0 fully saturated rings. The Balaban J connectivity index is 1.41. The minimum Gasteiger partial charge on any atom is -0.481 e. The summed E-state index contributed by atoms with van der Waals surface area (Å²) in [4.78, 5) is 29.1. The fraction of sp³-hybridized carbons (Fsp3) is 0.447. The van der Waals surface area contributed by atoms with Gasteiger partial charge < -0.3 is 15.2 Å². The first-order valence-electron chi connectivity index (χ1n) is 16.3. The fourth-order valence-electron chi connectivity index (χ4n) is 5.30. The molecule has 0 radical (unpaired) electrons. The van der Waals surface area contributed by atoms with Crippen LogP contribution < -0.4 is 5.32 Å². The number of unbranched alkanes of at least 4 members (excludes halogenated alkanes) is 4. The molecule has 0 aliphatic rings. The Morgan fingerprint density at radius 3 is 2.18 bits per heavy atom. The molecule has 2 N–H and O–H groups in total. The molecule has 0 atom stereocenters. The molecule has 0 saturated heterocycles. The minimum atomic E-state index is -1.04. The van der Waals surface area contributed by atoms with Crippen LogP contribution in [0, 0.1) is 5.41 Å². The van der Waals surface area contributed by atoms with Crippen molar-refractivity contribution in [2.45, 2.75) is 98.0 Å². The molecule has 3 rings (SSSR count). The number of nitrogens with zero attached hydrogens (tertiary/aromatic N) is 1. The first kappa shape index (κ1) is 34.7. The van der Waals surface area contributed by atoms with E-state index in [1.165, 1.54) is 43.2 Å². The number of rotatable bonds is 20. The molecule has 3 aromatic rings. The number of hydrogen-bond acceptors (Lipinski definition) is 4. The molecule has 0 saturated carbocycles. The fourth-order valence-corrected chi connectivity index (χ4v) is 5.30. The zero-order chi connectivity index (χ0) is 31.6. The Kier molecular flexibility index (Phi) is 14.8. The summed E-state index contributed by atoms with van der Waals surface area (Å²) in [5, 5.41) is 12.5. The number of aryl methyl sites for hydroxylation is 2. The van der Waals surface area contributed by atoms with Crippen molar-refractivity contribution in [3.63, 3.8) is 0 Å². The molecule has 2 aromatic carbocycles. The van der Waals surface area contributed by atoms with Gasteiger partial charge in [0.2, 0.25) is 5.91 Å². The van der Waals surface area contributed by atoms with Crippen molar-refractivity contribution in [3.8, 4) is 0 Å². The van der Waals surface area contributed by atoms with Crippen LogP contribution in [-0.2, 0) is 33.8 Å². The van der Waals surface area contributed by atoms with Gasteiger partial charge in [0.05, 0.1) is 23.4 Å². The topological polar surface area (TPSA) is 88.5 Å². The van der Waals surface area contributed by atoms with Crippen LogP contribution in [0.2, 0.25) is 0 Å². The van der Waals surface area contributed by atoms with Gasteiger partial charge in [-0.2, -0.15) is 0 Å². The van der Waals surface area contributed by atoms with Gasteiger partial charge in [-0.05, 0) is 92.0 Å². The highest BCUT2D eigenvalue weighted by Crippen LogP contribution is 2.31. The van der Waals surface area contributed by atoms with Crippen molar-refractivity contribution in [2.24, 2.45) is 5.41 Å². The van der Waals surface area contributed by atoms with E-state index in [9.17, 15) is 14.7 Å². The third kappa shape index (κ3) is 11.7. The highest BCUT2D eigenvalue weighted by molar-refractivity contribution is 5.94. The third-order valence-corrected chi connectivity index (χ3v) is 8.35. The number of carbonyl (C=O) groups is 2. The van der Waals surface area contributed by atoms with Crippen LogP contribution in [0.3, 0.4) is 0 Å². The van der Waals surface area contributed by atoms with Crippen molar-refractivity contribution in [3.05, 3.63) is 94.8 Å². The molecule has 0 unspecified atom stereocenters. The number of ether oxygens (including phenoxy) is 1. The molecule has 0 spiro atoms. The molecule has 6 heteroatoms. The van der Waals surface area contributed by atoms with Gasteiger partial charge in [0, 0.05) is 18.7 Å². The lowest BCUT2D eigenvalue weighted by molar-refractivity contribution is -0.151. The SMILES string of the molecule is CCCCCCc1ccc(CCCCOCc2cccc(C=Cc3cccc(NC(=O)CC(CC)(CC)C(=O)O)c3)n2)cc1. The molecule has 1 amide bonds. The molecule has 44 heavy (non-hydrogen) atoms. The van der Waals surface area contributed by atoms with E-state index in [1.807, 2.05) is 62.4 Å². The normalized spacial score (nSPS) is 11.6. The van der Waals surface area contributed by atoms with Crippen LogP contribution in [0.5, 0.6) is 0 Å². The van der Waals surface area contributed by atoms with Crippen LogP contribution in [-0.4, -0.2) is 28.6 Å². The summed E-state index contributed by atoms with van der Waals surface area (Å²) >= 11 is 0. The molecular weight excluding hydrogens is 548 g/mol. The molecule has 1 heterocycles. The van der Waals surface area contributed by atoms with Crippen molar-refractivity contribution < 1.29 is 19.4 Å². The van der Waals surface area contributed by atoms with Crippen LogP contribution >= 0.6 is 0 Å². The summed E-state index contributed by atoms with van der Waals surface area (Å²) in [6, 6.07) is 22.5. The zero-order valence-electron chi connectivity index (χ0n) is 26.8. The standard InChI is InChI=1S/C38H50N2O4/c1-4-7-8-9-14-30-20-22-31(23-21-30)15-10-11-26-44-29-35-19-13-17-33(39-35)25-24-32-16-12-18-34(27-32)40-36(41)28-38(5-2,6-3)37(42)43/h12-13,16-25,27H,4-11,14-15,26,28-29H2,1-3H3,(H,40,41)(H,42,43). The Morgan fingerprint density at radius 1 is 0.841 bits per heavy atom. The largest absolute Gasteiger partial charge is 0.481 e. The molecule has 0 aliphatic heterocycles. The van der Waals surface area contributed by atoms with E-state index < -0.39 is 11.4 Å². The Hall–Kier alpha value is -3.77. The van der Waals surface area contributed by atoms with E-state index in [0.29, 0.717) is 31.7 Å². The third-order valence-electron chi connectivity index (χ3n) is 8.35. The zero-order valence-corrected chi connectivity index (χ0v) is 26.8. The predicted octanol–water partition coefficient (Wildman–Crippen LogP) is 9.13. The van der Waals surface area contributed by atoms with E-state index in [-0.39, 0.29) is 12.3 Å². The van der Waals surface area contributed by atoms with Gasteiger partial charge in [-0.3, -0.25) is 14.6 Å². The average molecular weight is 599 g/mol. The number of carboxylic acids is 1. The van der Waals surface area contributed by atoms with Crippen molar-refractivity contribution >= 4 is 29.7 Å². The number of benzene rings is 2. The average Bonchev–Trinajstić information content (AvgIpc) is 3.03. The highest BCUT2D eigenvalue weighted by Gasteiger charge is 2.37. The highest BCUT2D eigenvalue weighted by atomic mass is 16.5. The number of aromatic nitrogens is 1. The lowest BCUT2D eigenvalue weighted by Gasteiger charge is -2.25. The summed E-state index contributed by atoms with van der Waals surface area (Å²) in [5.74, 6) is -1.23. The van der Waals surface area contributed by atoms with Crippen LogP contribution in [0.4, 0.5) is 5.69 Å². The maximum absolute atomic E-state index is 12.6. The van der Waals surface area contributed by atoms with Gasteiger partial charge in [0.1, 0.15) is 0 Å². The Labute approximate surface area is 264 Å². The summed E-state index contributed by atoms with van der Waals surface area (Å²) in [5.41, 5.74) is 5.05. The van der Waals surface area contributed by atoms with Gasteiger partial charge in [-0.15, -0.1) is 0 Å². The van der Waals surface area contributed by atoms with E-state index >= 15 is 0 Å². The maximum atomic E-state index is 12.6. The van der Waals surface area contributed by atoms with Crippen molar-refractivity contribution in [1.29, 1.82) is 0 Å². The number of carboxylic acid groups (broad SMARTS) is 1. The summed E-state index contributed by atoms with van der Waals surface area (Å²) in [6.45, 7) is 7.05. The second-order valence-electron chi connectivity index (χ2n) is 11.7. The number of pyridine rings is 1. The number of nitrogens with one attached hydrogen (secondary N) is 1. The van der Waals surface area contributed by atoms with E-state index in [1.54, 1.807) is 6.07 Å². The second kappa shape index (κ2) is 18.8. The molecule has 0 aliphatic carbocycles. The first-order chi connectivity index (χ1) is 21.4. The summed E-state index contributed by atoms with van der Waals surface area (Å²) < 4.78 is 5.91. The Morgan fingerprint density at radius 2 is 1.52 bits per heavy atom. The minimum absolute atomic E-state index is 0.0543. The second-order valence-corrected chi connectivity index (χ2v) is 11.7. The van der Waals surface area contributed by atoms with Crippen molar-refractivity contribution in [2.75, 3.05) is 11.9 Å². The van der Waals surface area contributed by atoms with E-state index in [2.05, 4.69) is 36.5 Å². The number of aliphatic carboxylic acids is 1. The molecule has 1 aromatic heterocycles. The Bertz CT molecular complexity index is 1330. The van der Waals surface area contributed by atoms with Crippen LogP contribution in [0.15, 0.2) is 66.7 Å². The molecule has 236 valence electrons. The van der Waals surface area contributed by atoms with Gasteiger partial charge in [-0.1, -0.05) is 88.6 Å². The first-order valence-corrected chi connectivity index (χ1v) is 16.3. The van der Waals surface area contributed by atoms with Gasteiger partial charge in [-0.25, -0.2) is 0 Å². The van der Waals surface area contributed by atoms with Gasteiger partial charge in [0.25, 0.3) is 0 Å². The number of carbonyl (C=O) groups excluding carboxylic acids is 1.